The van der Waals surface area contributed by atoms with Crippen molar-refractivity contribution >= 4 is 5.82 Å². The number of hydrogen-bond acceptors (Lipinski definition) is 7. The minimum absolute atomic E-state index is 0.204. The molecule has 2 fully saturated rings. The lowest BCUT2D eigenvalue weighted by Gasteiger charge is -2.33. The molecule has 3 heterocycles. The summed E-state index contributed by atoms with van der Waals surface area (Å²) in [6.45, 7) is 7.71. The van der Waals surface area contributed by atoms with E-state index in [1.165, 1.54) is 12.8 Å². The van der Waals surface area contributed by atoms with Crippen molar-refractivity contribution in [3.63, 3.8) is 0 Å². The Kier molecular flexibility index (Phi) is 4.67. The van der Waals surface area contributed by atoms with Crippen LogP contribution in [0.3, 0.4) is 0 Å². The molecule has 1 saturated heterocycles. The average molecular weight is 343 g/mol. The number of nitrogens with zero attached hydrogens (tertiary/aromatic N) is 4. The van der Waals surface area contributed by atoms with E-state index in [2.05, 4.69) is 25.3 Å². The summed E-state index contributed by atoms with van der Waals surface area (Å²) in [5, 5.41) is 7.40. The number of ether oxygens (including phenoxy) is 1. The molecule has 0 spiro atoms. The van der Waals surface area contributed by atoms with Crippen LogP contribution in [0.25, 0.3) is 11.5 Å². The fourth-order valence-electron chi connectivity index (χ4n) is 3.10. The molecular formula is C18H25N5O2. The molecule has 2 aromatic rings. The molecule has 134 valence electrons. The van der Waals surface area contributed by atoms with E-state index >= 15 is 0 Å². The van der Waals surface area contributed by atoms with Crippen molar-refractivity contribution in [3.8, 4) is 11.5 Å². The Morgan fingerprint density at radius 1 is 1.36 bits per heavy atom. The lowest BCUT2D eigenvalue weighted by Crippen LogP contribution is -2.46. The standard InChI is InChI=1S/C18H25N5O2/c1-12(2)17-21-18(25-22-17)13-5-6-19-16(9-13)20-10-15-11-23(7-8-24-15)14-3-4-14/h5-6,9,12,14-15H,3-4,7-8,10-11H2,1-2H3,(H,19,20). The third-order valence-corrected chi connectivity index (χ3v) is 4.71. The highest BCUT2D eigenvalue weighted by molar-refractivity contribution is 5.57. The molecular weight excluding hydrogens is 318 g/mol. The number of anilines is 1. The molecule has 7 heteroatoms. The van der Waals surface area contributed by atoms with Gasteiger partial charge in [-0.15, -0.1) is 0 Å². The van der Waals surface area contributed by atoms with Crippen LogP contribution in [0.1, 0.15) is 38.4 Å². The van der Waals surface area contributed by atoms with E-state index in [-0.39, 0.29) is 12.0 Å². The lowest BCUT2D eigenvalue weighted by molar-refractivity contribution is -0.0241. The van der Waals surface area contributed by atoms with Gasteiger partial charge in [-0.2, -0.15) is 4.98 Å². The van der Waals surface area contributed by atoms with Gasteiger partial charge >= 0.3 is 0 Å². The zero-order valence-electron chi connectivity index (χ0n) is 14.8. The minimum atomic E-state index is 0.204. The molecule has 25 heavy (non-hydrogen) atoms. The van der Waals surface area contributed by atoms with Gasteiger partial charge in [0.05, 0.1) is 12.7 Å². The van der Waals surface area contributed by atoms with E-state index in [1.54, 1.807) is 6.20 Å². The van der Waals surface area contributed by atoms with E-state index in [1.807, 2.05) is 26.0 Å². The summed E-state index contributed by atoms with van der Waals surface area (Å²) >= 11 is 0. The van der Waals surface area contributed by atoms with Gasteiger partial charge in [-0.1, -0.05) is 19.0 Å². The Morgan fingerprint density at radius 3 is 3.00 bits per heavy atom. The summed E-state index contributed by atoms with van der Waals surface area (Å²) < 4.78 is 11.2. The fraction of sp³-hybridized carbons (Fsp3) is 0.611. The Bertz CT molecular complexity index is 713. The Morgan fingerprint density at radius 2 is 2.24 bits per heavy atom. The minimum Gasteiger partial charge on any atom is -0.374 e. The van der Waals surface area contributed by atoms with Gasteiger partial charge in [0.1, 0.15) is 5.82 Å². The third kappa shape index (κ3) is 3.99. The van der Waals surface area contributed by atoms with Gasteiger partial charge in [-0.25, -0.2) is 4.98 Å². The normalized spacial score (nSPS) is 21.6. The van der Waals surface area contributed by atoms with Gasteiger partial charge < -0.3 is 14.6 Å². The number of aromatic nitrogens is 3. The highest BCUT2D eigenvalue weighted by Gasteiger charge is 2.32. The van der Waals surface area contributed by atoms with E-state index < -0.39 is 0 Å². The molecule has 2 aliphatic rings. The summed E-state index contributed by atoms with van der Waals surface area (Å²) in [5.41, 5.74) is 0.876. The van der Waals surface area contributed by atoms with Crippen LogP contribution < -0.4 is 5.32 Å². The predicted octanol–water partition coefficient (Wildman–Crippen LogP) is 2.53. The molecule has 1 saturated carbocycles. The van der Waals surface area contributed by atoms with Gasteiger partial charge in [0.25, 0.3) is 5.89 Å². The number of pyridine rings is 1. The van der Waals surface area contributed by atoms with Crippen molar-refractivity contribution < 1.29 is 9.26 Å². The number of rotatable bonds is 6. The highest BCUT2D eigenvalue weighted by Crippen LogP contribution is 2.28. The Balaban J connectivity index is 1.37. The number of morpholine rings is 1. The van der Waals surface area contributed by atoms with Crippen LogP contribution in [0.5, 0.6) is 0 Å². The van der Waals surface area contributed by atoms with E-state index in [0.717, 1.165) is 49.5 Å². The van der Waals surface area contributed by atoms with Crippen LogP contribution in [0.2, 0.25) is 0 Å². The van der Waals surface area contributed by atoms with Crippen LogP contribution in [0.4, 0.5) is 5.82 Å². The van der Waals surface area contributed by atoms with Crippen LogP contribution in [-0.4, -0.2) is 58.4 Å². The zero-order chi connectivity index (χ0) is 17.2. The summed E-state index contributed by atoms with van der Waals surface area (Å²) in [6, 6.07) is 4.62. The second kappa shape index (κ2) is 7.09. The Labute approximate surface area is 147 Å². The molecule has 1 unspecified atom stereocenters. The molecule has 7 nitrogen and oxygen atoms in total. The monoisotopic (exact) mass is 343 g/mol. The van der Waals surface area contributed by atoms with Gasteiger partial charge in [-0.05, 0) is 25.0 Å². The quantitative estimate of drug-likeness (QED) is 0.863. The highest BCUT2D eigenvalue weighted by atomic mass is 16.5. The second-order valence-corrected chi connectivity index (χ2v) is 7.14. The van der Waals surface area contributed by atoms with Crippen molar-refractivity contribution in [1.82, 2.24) is 20.0 Å². The molecule has 1 N–H and O–H groups in total. The zero-order valence-corrected chi connectivity index (χ0v) is 14.8. The molecule has 2 aromatic heterocycles. The molecule has 1 atom stereocenters. The van der Waals surface area contributed by atoms with Gasteiger partial charge in [-0.3, -0.25) is 4.90 Å². The topological polar surface area (TPSA) is 76.3 Å². The van der Waals surface area contributed by atoms with Gasteiger partial charge in [0, 0.05) is 43.4 Å². The van der Waals surface area contributed by atoms with E-state index in [9.17, 15) is 0 Å². The van der Waals surface area contributed by atoms with Crippen molar-refractivity contribution in [2.45, 2.75) is 44.8 Å². The lowest BCUT2D eigenvalue weighted by atomic mass is 10.2. The molecule has 0 radical (unpaired) electrons. The maximum absolute atomic E-state index is 5.88. The van der Waals surface area contributed by atoms with Crippen LogP contribution in [0.15, 0.2) is 22.9 Å². The third-order valence-electron chi connectivity index (χ3n) is 4.71. The fourth-order valence-corrected chi connectivity index (χ4v) is 3.10. The molecule has 0 aromatic carbocycles. The van der Waals surface area contributed by atoms with Crippen molar-refractivity contribution in [2.24, 2.45) is 0 Å². The first-order chi connectivity index (χ1) is 12.2. The molecule has 0 bridgehead atoms. The van der Waals surface area contributed by atoms with Crippen molar-refractivity contribution in [2.75, 3.05) is 31.6 Å². The van der Waals surface area contributed by atoms with Gasteiger partial charge in [0.2, 0.25) is 0 Å². The second-order valence-electron chi connectivity index (χ2n) is 7.14. The first-order valence-corrected chi connectivity index (χ1v) is 9.08. The largest absolute Gasteiger partial charge is 0.374 e. The number of hydrogen-bond donors (Lipinski definition) is 1. The van der Waals surface area contributed by atoms with Crippen LogP contribution in [-0.2, 0) is 4.74 Å². The maximum Gasteiger partial charge on any atom is 0.258 e. The summed E-state index contributed by atoms with van der Waals surface area (Å²) in [7, 11) is 0. The van der Waals surface area contributed by atoms with Crippen molar-refractivity contribution in [1.29, 1.82) is 0 Å². The SMILES string of the molecule is CC(C)c1noc(-c2ccnc(NCC3CN(C4CC4)CCO3)c2)n1. The van der Waals surface area contributed by atoms with Crippen LogP contribution in [0, 0.1) is 0 Å². The smallest absolute Gasteiger partial charge is 0.258 e. The van der Waals surface area contributed by atoms with E-state index in [4.69, 9.17) is 9.26 Å². The first-order valence-electron chi connectivity index (χ1n) is 9.08. The molecule has 0 amide bonds. The van der Waals surface area contributed by atoms with E-state index in [0.29, 0.717) is 5.89 Å². The molecule has 1 aliphatic heterocycles. The molecule has 1 aliphatic carbocycles. The van der Waals surface area contributed by atoms with Gasteiger partial charge in [0.15, 0.2) is 5.82 Å². The predicted molar refractivity (Wildman–Crippen MR) is 94.4 cm³/mol. The van der Waals surface area contributed by atoms with Crippen molar-refractivity contribution in [3.05, 3.63) is 24.2 Å². The van der Waals surface area contributed by atoms with Crippen LogP contribution >= 0.6 is 0 Å². The Hall–Kier alpha value is -1.99. The first kappa shape index (κ1) is 16.5. The summed E-state index contributed by atoms with van der Waals surface area (Å²) in [4.78, 5) is 11.4. The molecule has 4 rings (SSSR count). The summed E-state index contributed by atoms with van der Waals surface area (Å²) in [5.74, 6) is 2.30. The summed E-state index contributed by atoms with van der Waals surface area (Å²) in [6.07, 6.45) is 4.64. The maximum atomic E-state index is 5.88. The number of nitrogens with one attached hydrogen (secondary N) is 1. The average Bonchev–Trinajstić information content (AvgIpc) is 3.36.